The molecule has 204 valence electrons. The van der Waals surface area contributed by atoms with Crippen molar-refractivity contribution in [2.45, 2.75) is 72.1 Å². The van der Waals surface area contributed by atoms with Gasteiger partial charge in [-0.05, 0) is 73.2 Å². The summed E-state index contributed by atoms with van der Waals surface area (Å²) in [6.45, 7) is 8.36. The van der Waals surface area contributed by atoms with Crippen molar-refractivity contribution < 1.29 is 29.4 Å². The monoisotopic (exact) mass is 579 g/mol. The Bertz CT molecular complexity index is 1060. The molecule has 1 aliphatic rings. The Kier molecular flexibility index (Phi) is 10.9. The van der Waals surface area contributed by atoms with Crippen molar-refractivity contribution in [2.24, 2.45) is 11.8 Å². The first-order valence-corrected chi connectivity index (χ1v) is 13.2. The second kappa shape index (κ2) is 13.2. The summed E-state index contributed by atoms with van der Waals surface area (Å²) in [5.74, 6) is -2.53. The van der Waals surface area contributed by atoms with E-state index < -0.39 is 54.3 Å². The van der Waals surface area contributed by atoms with E-state index in [4.69, 9.17) is 0 Å². The van der Waals surface area contributed by atoms with E-state index in [-0.39, 0.29) is 18.1 Å². The molecule has 0 radical (unpaired) electrons. The molecule has 37 heavy (non-hydrogen) atoms. The van der Waals surface area contributed by atoms with Gasteiger partial charge in [0, 0.05) is 19.4 Å². The molecule has 3 N–H and O–H groups in total. The normalized spacial score (nSPS) is 22.1. The first-order chi connectivity index (χ1) is 17.2. The number of aliphatic hydroxyl groups is 1. The molecule has 1 fully saturated rings. The molecule has 0 saturated carbocycles. The number of likely N-dealkylation sites (N-methyl/N-ethyl adjacent to an activating group) is 1. The van der Waals surface area contributed by atoms with Crippen molar-refractivity contribution in [2.75, 3.05) is 13.6 Å². The lowest BCUT2D eigenvalue weighted by atomic mass is 9.95. The van der Waals surface area contributed by atoms with Crippen LogP contribution in [0.3, 0.4) is 0 Å². The van der Waals surface area contributed by atoms with Crippen LogP contribution in [-0.2, 0) is 25.6 Å². The van der Waals surface area contributed by atoms with Gasteiger partial charge >= 0.3 is 0 Å². The van der Waals surface area contributed by atoms with E-state index in [1.807, 2.05) is 19.9 Å². The minimum atomic E-state index is -1.00. The highest BCUT2D eigenvalue weighted by atomic mass is 79.9. The zero-order chi connectivity index (χ0) is 28.0. The molecule has 4 amide bonds. The summed E-state index contributed by atoms with van der Waals surface area (Å²) in [6, 6.07) is 2.90. The number of aromatic hydroxyl groups is 1. The first kappa shape index (κ1) is 30.5. The molecule has 10 heteroatoms. The molecule has 1 heterocycles. The third kappa shape index (κ3) is 8.39. The van der Waals surface area contributed by atoms with Crippen molar-refractivity contribution in [1.82, 2.24) is 15.1 Å². The number of carbonyl (C=O) groups is 4. The third-order valence-corrected chi connectivity index (χ3v) is 7.13. The Hall–Kier alpha value is -2.72. The fraction of sp³-hybridized carbons (Fsp3) is 0.556. The Morgan fingerprint density at radius 3 is 2.49 bits per heavy atom. The molecular weight excluding hydrogens is 542 g/mol. The molecule has 1 aromatic rings. The van der Waals surface area contributed by atoms with E-state index in [1.165, 1.54) is 24.9 Å². The Morgan fingerprint density at radius 1 is 1.24 bits per heavy atom. The zero-order valence-electron chi connectivity index (χ0n) is 22.3. The molecular formula is C27H38BrN3O6. The molecule has 5 atom stereocenters. The lowest BCUT2D eigenvalue weighted by Crippen LogP contribution is -2.51. The number of allylic oxidation sites excluding steroid dienone is 2. The molecule has 1 saturated heterocycles. The number of amides is 4. The molecule has 0 aromatic heterocycles. The van der Waals surface area contributed by atoms with Crippen LogP contribution in [0.4, 0.5) is 0 Å². The standard InChI is InChI=1S/C27H38BrN3O6/c1-15(9-16(2)11-18(4)32)10-17(3)26(36)31-14-24(34)30(6)22(25(35)29-19(5)27(31)37)13-20-7-8-23(33)21(28)12-20/h7-9,12,16-19,22,32-33H,10-11,13-14H2,1-6H3,(H,29,35)/b15-9+/t16-,17-,18-,19-,22+/m0/s1. The van der Waals surface area contributed by atoms with Gasteiger partial charge in [0.15, 0.2) is 0 Å². The number of carbonyl (C=O) groups excluding carboxylic acids is 4. The van der Waals surface area contributed by atoms with Crippen LogP contribution in [0.5, 0.6) is 5.75 Å². The summed E-state index contributed by atoms with van der Waals surface area (Å²) in [5.41, 5.74) is 1.66. The highest BCUT2D eigenvalue weighted by molar-refractivity contribution is 9.10. The minimum absolute atomic E-state index is 0.0529. The number of imide groups is 1. The fourth-order valence-corrected chi connectivity index (χ4v) is 5.02. The smallest absolute Gasteiger partial charge is 0.251 e. The molecule has 1 aromatic carbocycles. The predicted octanol–water partition coefficient (Wildman–Crippen LogP) is 2.78. The molecule has 0 spiro atoms. The average Bonchev–Trinajstić information content (AvgIpc) is 2.82. The lowest BCUT2D eigenvalue weighted by Gasteiger charge is -2.28. The molecule has 9 nitrogen and oxygen atoms in total. The molecule has 0 bridgehead atoms. The maximum atomic E-state index is 13.3. The van der Waals surface area contributed by atoms with E-state index in [9.17, 15) is 29.4 Å². The first-order valence-electron chi connectivity index (χ1n) is 12.4. The van der Waals surface area contributed by atoms with Crippen molar-refractivity contribution in [3.05, 3.63) is 39.9 Å². The topological polar surface area (TPSA) is 127 Å². The van der Waals surface area contributed by atoms with Crippen LogP contribution in [0.2, 0.25) is 0 Å². The van der Waals surface area contributed by atoms with Gasteiger partial charge in [-0.25, -0.2) is 0 Å². The quantitative estimate of drug-likeness (QED) is 0.406. The van der Waals surface area contributed by atoms with E-state index in [0.29, 0.717) is 22.9 Å². The summed E-state index contributed by atoms with van der Waals surface area (Å²) in [5, 5.41) is 22.0. The van der Waals surface area contributed by atoms with E-state index in [1.54, 1.807) is 26.0 Å². The second-order valence-corrected chi connectivity index (χ2v) is 11.0. The van der Waals surface area contributed by atoms with Crippen molar-refractivity contribution >= 4 is 39.6 Å². The highest BCUT2D eigenvalue weighted by Crippen LogP contribution is 2.26. The summed E-state index contributed by atoms with van der Waals surface area (Å²) in [6.07, 6.45) is 2.73. The predicted molar refractivity (Wildman–Crippen MR) is 143 cm³/mol. The van der Waals surface area contributed by atoms with Gasteiger partial charge < -0.3 is 20.4 Å². The number of halogens is 1. The second-order valence-electron chi connectivity index (χ2n) is 10.2. The van der Waals surface area contributed by atoms with Gasteiger partial charge in [0.2, 0.25) is 17.7 Å². The van der Waals surface area contributed by atoms with E-state index in [0.717, 1.165) is 10.5 Å². The number of nitrogens with one attached hydrogen (secondary N) is 1. The maximum absolute atomic E-state index is 13.3. The number of rotatable bonds is 8. The number of phenols is 1. The van der Waals surface area contributed by atoms with E-state index >= 15 is 0 Å². The molecule has 0 unspecified atom stereocenters. The number of phenolic OH excluding ortho intramolecular Hbond substituents is 1. The summed E-state index contributed by atoms with van der Waals surface area (Å²) >= 11 is 3.25. The third-order valence-electron chi connectivity index (χ3n) is 6.49. The largest absolute Gasteiger partial charge is 0.507 e. The van der Waals surface area contributed by atoms with Gasteiger partial charge in [0.05, 0.1) is 10.6 Å². The summed E-state index contributed by atoms with van der Waals surface area (Å²) < 4.78 is 0.460. The SMILES string of the molecule is C/C(=C\[C@H](C)C[C@H](C)O)C[C@H](C)C(=O)N1CC(=O)N(C)[C@H](Cc2ccc(O)c(Br)c2)C(=O)N[C@@H](C)C1=O. The van der Waals surface area contributed by atoms with Crippen LogP contribution >= 0.6 is 15.9 Å². The Labute approximate surface area is 227 Å². The molecule has 0 aliphatic carbocycles. The number of benzene rings is 1. The van der Waals surface area contributed by atoms with Crippen LogP contribution in [0.25, 0.3) is 0 Å². The molecule has 2 rings (SSSR count). The maximum Gasteiger partial charge on any atom is 0.251 e. The van der Waals surface area contributed by atoms with Crippen molar-refractivity contribution in [3.63, 3.8) is 0 Å². The number of nitrogens with zero attached hydrogens (tertiary/aromatic N) is 2. The van der Waals surface area contributed by atoms with Crippen LogP contribution in [0.15, 0.2) is 34.3 Å². The van der Waals surface area contributed by atoms with Crippen LogP contribution < -0.4 is 5.32 Å². The summed E-state index contributed by atoms with van der Waals surface area (Å²) in [7, 11) is 1.48. The van der Waals surface area contributed by atoms with Gasteiger partial charge in [0.25, 0.3) is 5.91 Å². The van der Waals surface area contributed by atoms with E-state index in [2.05, 4.69) is 21.2 Å². The van der Waals surface area contributed by atoms with Gasteiger partial charge in [-0.1, -0.05) is 31.6 Å². The van der Waals surface area contributed by atoms with Gasteiger partial charge in [0.1, 0.15) is 24.4 Å². The van der Waals surface area contributed by atoms with Crippen LogP contribution in [0, 0.1) is 11.8 Å². The summed E-state index contributed by atoms with van der Waals surface area (Å²) in [4.78, 5) is 54.9. The minimum Gasteiger partial charge on any atom is -0.507 e. The average molecular weight is 581 g/mol. The van der Waals surface area contributed by atoms with Gasteiger partial charge in [-0.2, -0.15) is 0 Å². The van der Waals surface area contributed by atoms with Crippen LogP contribution in [0.1, 0.15) is 53.0 Å². The van der Waals surface area contributed by atoms with Gasteiger partial charge in [-0.15, -0.1) is 0 Å². The number of hydrogen-bond donors (Lipinski definition) is 3. The van der Waals surface area contributed by atoms with Gasteiger partial charge in [-0.3, -0.25) is 24.1 Å². The fourth-order valence-electron chi connectivity index (χ4n) is 4.59. The Morgan fingerprint density at radius 2 is 1.89 bits per heavy atom. The number of hydrogen-bond acceptors (Lipinski definition) is 6. The van der Waals surface area contributed by atoms with Crippen molar-refractivity contribution in [3.8, 4) is 5.75 Å². The Balaban J connectivity index is 2.23. The zero-order valence-corrected chi connectivity index (χ0v) is 23.9. The highest BCUT2D eigenvalue weighted by Gasteiger charge is 2.38. The number of aliphatic hydroxyl groups excluding tert-OH is 1. The van der Waals surface area contributed by atoms with Crippen molar-refractivity contribution in [1.29, 1.82) is 0 Å². The molecule has 1 aliphatic heterocycles. The lowest BCUT2D eigenvalue weighted by molar-refractivity contribution is -0.152. The van der Waals surface area contributed by atoms with Crippen LogP contribution in [-0.4, -0.2) is 75.4 Å².